The fourth-order valence-corrected chi connectivity index (χ4v) is 2.91. The van der Waals surface area contributed by atoms with Crippen molar-refractivity contribution in [1.82, 2.24) is 10.2 Å². The number of hydrogen-bond donors (Lipinski definition) is 1. The van der Waals surface area contributed by atoms with Crippen molar-refractivity contribution in [3.05, 3.63) is 35.6 Å². The summed E-state index contributed by atoms with van der Waals surface area (Å²) in [6.45, 7) is 3.25. The smallest absolute Gasteiger partial charge is 0.409 e. The molecule has 0 spiro atoms. The summed E-state index contributed by atoms with van der Waals surface area (Å²) in [6.07, 6.45) is 2.05. The van der Waals surface area contributed by atoms with Crippen molar-refractivity contribution in [2.24, 2.45) is 0 Å². The third-order valence-corrected chi connectivity index (χ3v) is 4.36. The predicted molar refractivity (Wildman–Crippen MR) is 94.3 cm³/mol. The molecule has 1 heterocycles. The highest BCUT2D eigenvalue weighted by atomic mass is 19.1. The second-order valence-electron chi connectivity index (χ2n) is 6.31. The van der Waals surface area contributed by atoms with Crippen LogP contribution in [0.1, 0.15) is 49.4 Å². The van der Waals surface area contributed by atoms with E-state index in [-0.39, 0.29) is 42.5 Å². The Labute approximate surface area is 152 Å². The van der Waals surface area contributed by atoms with E-state index in [2.05, 4.69) is 5.32 Å². The molecule has 0 aromatic heterocycles. The van der Waals surface area contributed by atoms with Gasteiger partial charge in [0.05, 0.1) is 6.61 Å². The summed E-state index contributed by atoms with van der Waals surface area (Å²) in [5.41, 5.74) is 0.457. The van der Waals surface area contributed by atoms with Crippen LogP contribution in [-0.4, -0.2) is 48.4 Å². The van der Waals surface area contributed by atoms with Gasteiger partial charge in [-0.3, -0.25) is 9.59 Å². The zero-order chi connectivity index (χ0) is 18.9. The monoisotopic (exact) mass is 364 g/mol. The number of carbonyl (C=O) groups is 3. The Morgan fingerprint density at radius 2 is 1.81 bits per heavy atom. The summed E-state index contributed by atoms with van der Waals surface area (Å²) in [4.78, 5) is 37.3. The minimum Gasteiger partial charge on any atom is -0.450 e. The maximum atomic E-state index is 12.8. The number of amides is 2. The van der Waals surface area contributed by atoms with Gasteiger partial charge in [-0.05, 0) is 50.5 Å². The van der Waals surface area contributed by atoms with Crippen LogP contribution in [0.4, 0.5) is 9.18 Å². The second-order valence-corrected chi connectivity index (χ2v) is 6.31. The van der Waals surface area contributed by atoms with Crippen LogP contribution in [0.2, 0.25) is 0 Å². The van der Waals surface area contributed by atoms with Crippen molar-refractivity contribution in [2.75, 3.05) is 19.7 Å². The van der Waals surface area contributed by atoms with Gasteiger partial charge in [-0.1, -0.05) is 0 Å². The van der Waals surface area contributed by atoms with E-state index >= 15 is 0 Å². The second kappa shape index (κ2) is 9.89. The maximum Gasteiger partial charge on any atom is 0.409 e. The summed E-state index contributed by atoms with van der Waals surface area (Å²) >= 11 is 0. The Hall–Kier alpha value is -2.44. The molecule has 0 radical (unpaired) electrons. The van der Waals surface area contributed by atoms with E-state index < -0.39 is 0 Å². The third kappa shape index (κ3) is 6.13. The number of piperidine rings is 1. The quantitative estimate of drug-likeness (QED) is 0.755. The molecular formula is C19H25FN2O4. The molecule has 0 atom stereocenters. The van der Waals surface area contributed by atoms with Gasteiger partial charge in [0.25, 0.3) is 0 Å². The number of nitrogens with zero attached hydrogens (tertiary/aromatic N) is 1. The van der Waals surface area contributed by atoms with Gasteiger partial charge >= 0.3 is 6.09 Å². The molecule has 1 saturated heterocycles. The number of hydrogen-bond acceptors (Lipinski definition) is 4. The highest BCUT2D eigenvalue weighted by Gasteiger charge is 2.24. The minimum atomic E-state index is -0.380. The van der Waals surface area contributed by atoms with Gasteiger partial charge in [-0.25, -0.2) is 9.18 Å². The Morgan fingerprint density at radius 3 is 2.42 bits per heavy atom. The van der Waals surface area contributed by atoms with Crippen molar-refractivity contribution in [3.63, 3.8) is 0 Å². The number of halogens is 1. The topological polar surface area (TPSA) is 75.7 Å². The van der Waals surface area contributed by atoms with E-state index in [4.69, 9.17) is 4.74 Å². The van der Waals surface area contributed by atoms with E-state index in [9.17, 15) is 18.8 Å². The first-order valence-corrected chi connectivity index (χ1v) is 8.99. The van der Waals surface area contributed by atoms with Crippen LogP contribution in [0, 0.1) is 5.82 Å². The molecule has 142 valence electrons. The largest absolute Gasteiger partial charge is 0.450 e. The zero-order valence-corrected chi connectivity index (χ0v) is 15.0. The number of benzene rings is 1. The van der Waals surface area contributed by atoms with Gasteiger partial charge in [0.2, 0.25) is 5.91 Å². The number of carbonyl (C=O) groups excluding carboxylic acids is 3. The lowest BCUT2D eigenvalue weighted by Crippen LogP contribution is -2.46. The van der Waals surface area contributed by atoms with E-state index in [1.807, 2.05) is 0 Å². The van der Waals surface area contributed by atoms with Gasteiger partial charge in [-0.15, -0.1) is 0 Å². The molecular weight excluding hydrogens is 339 g/mol. The van der Waals surface area contributed by atoms with Crippen molar-refractivity contribution < 1.29 is 23.5 Å². The van der Waals surface area contributed by atoms with E-state index in [0.717, 1.165) is 0 Å². The molecule has 0 unspecified atom stereocenters. The highest BCUT2D eigenvalue weighted by molar-refractivity contribution is 5.96. The minimum absolute atomic E-state index is 0.0426. The van der Waals surface area contributed by atoms with Crippen LogP contribution in [0.3, 0.4) is 0 Å². The van der Waals surface area contributed by atoms with Crippen LogP contribution in [0.15, 0.2) is 24.3 Å². The van der Waals surface area contributed by atoms with Crippen molar-refractivity contribution >= 4 is 17.8 Å². The first-order chi connectivity index (χ1) is 12.5. The normalized spacial score (nSPS) is 14.8. The fourth-order valence-electron chi connectivity index (χ4n) is 2.91. The summed E-state index contributed by atoms with van der Waals surface area (Å²) in [7, 11) is 0. The Morgan fingerprint density at radius 1 is 1.15 bits per heavy atom. The van der Waals surface area contributed by atoms with Crippen molar-refractivity contribution in [2.45, 2.75) is 45.1 Å². The molecule has 0 bridgehead atoms. The van der Waals surface area contributed by atoms with Gasteiger partial charge in [-0.2, -0.15) is 0 Å². The van der Waals surface area contributed by atoms with E-state index in [0.29, 0.717) is 44.5 Å². The number of likely N-dealkylation sites (tertiary alicyclic amines) is 1. The van der Waals surface area contributed by atoms with Gasteiger partial charge in [0.15, 0.2) is 5.78 Å². The molecule has 1 N–H and O–H groups in total. The number of nitrogens with one attached hydrogen (secondary N) is 1. The van der Waals surface area contributed by atoms with Gasteiger partial charge in [0, 0.05) is 37.5 Å². The highest BCUT2D eigenvalue weighted by Crippen LogP contribution is 2.13. The van der Waals surface area contributed by atoms with Crippen LogP contribution in [-0.2, 0) is 9.53 Å². The first-order valence-electron chi connectivity index (χ1n) is 8.99. The zero-order valence-electron chi connectivity index (χ0n) is 15.0. The van der Waals surface area contributed by atoms with Crippen LogP contribution >= 0.6 is 0 Å². The lowest BCUT2D eigenvalue weighted by atomic mass is 10.0. The van der Waals surface area contributed by atoms with Crippen molar-refractivity contribution in [1.29, 1.82) is 0 Å². The third-order valence-electron chi connectivity index (χ3n) is 4.36. The fraction of sp³-hybridized carbons (Fsp3) is 0.526. The average molecular weight is 364 g/mol. The molecule has 2 rings (SSSR count). The predicted octanol–water partition coefficient (Wildman–Crippen LogP) is 2.92. The molecule has 26 heavy (non-hydrogen) atoms. The number of ether oxygens (including phenoxy) is 1. The van der Waals surface area contributed by atoms with Crippen LogP contribution in [0.5, 0.6) is 0 Å². The molecule has 2 amide bonds. The summed E-state index contributed by atoms with van der Waals surface area (Å²) in [5, 5.41) is 2.95. The van der Waals surface area contributed by atoms with Crippen LogP contribution in [0.25, 0.3) is 0 Å². The molecule has 0 saturated carbocycles. The molecule has 1 aromatic rings. The Balaban J connectivity index is 1.64. The lowest BCUT2D eigenvalue weighted by molar-refractivity contribution is -0.122. The Kier molecular flexibility index (Phi) is 7.56. The number of ketones is 1. The maximum absolute atomic E-state index is 12.8. The number of Topliss-reactive ketones (excluding diaryl/α,β-unsaturated/α-hetero) is 1. The molecule has 0 aliphatic carbocycles. The summed E-state index contributed by atoms with van der Waals surface area (Å²) < 4.78 is 17.8. The SMILES string of the molecule is CCOC(=O)N1CCC(NC(=O)CCCC(=O)c2ccc(F)cc2)CC1. The summed E-state index contributed by atoms with van der Waals surface area (Å²) in [6, 6.07) is 5.45. The molecule has 1 fully saturated rings. The van der Waals surface area contributed by atoms with Crippen LogP contribution < -0.4 is 5.32 Å². The number of rotatable bonds is 7. The molecule has 7 heteroatoms. The molecule has 1 aliphatic heterocycles. The molecule has 6 nitrogen and oxygen atoms in total. The molecule has 1 aromatic carbocycles. The average Bonchev–Trinajstić information content (AvgIpc) is 2.63. The van der Waals surface area contributed by atoms with Gasteiger partial charge < -0.3 is 15.0 Å². The lowest BCUT2D eigenvalue weighted by Gasteiger charge is -2.31. The van der Waals surface area contributed by atoms with Crippen molar-refractivity contribution in [3.8, 4) is 0 Å². The Bertz CT molecular complexity index is 625. The first kappa shape index (κ1) is 19.9. The van der Waals surface area contributed by atoms with Gasteiger partial charge in [0.1, 0.15) is 5.82 Å². The van der Waals surface area contributed by atoms with E-state index in [1.54, 1.807) is 11.8 Å². The standard InChI is InChI=1S/C19H25FN2O4/c1-2-26-19(25)22-12-10-16(11-13-22)21-18(24)5-3-4-17(23)14-6-8-15(20)9-7-14/h6-9,16H,2-5,10-13H2,1H3,(H,21,24). The van der Waals surface area contributed by atoms with E-state index in [1.165, 1.54) is 24.3 Å². The summed E-state index contributed by atoms with van der Waals surface area (Å²) in [5.74, 6) is -0.568. The molecule has 1 aliphatic rings.